The van der Waals surface area contributed by atoms with Crippen LogP contribution in [0.15, 0.2) is 54.6 Å². The first kappa shape index (κ1) is 18.6. The summed E-state index contributed by atoms with van der Waals surface area (Å²) in [5.74, 6) is -0.331. The lowest BCUT2D eigenvalue weighted by molar-refractivity contribution is -0.384. The van der Waals surface area contributed by atoms with Gasteiger partial charge in [-0.15, -0.1) is 0 Å². The van der Waals surface area contributed by atoms with Crippen LogP contribution in [0.2, 0.25) is 5.02 Å². The Balaban J connectivity index is 2.16. The van der Waals surface area contributed by atoms with Crippen molar-refractivity contribution in [2.24, 2.45) is 0 Å². The molecule has 0 aliphatic carbocycles. The van der Waals surface area contributed by atoms with Crippen molar-refractivity contribution in [3.63, 3.8) is 0 Å². The van der Waals surface area contributed by atoms with Gasteiger partial charge in [0.15, 0.2) is 0 Å². The smallest absolute Gasteiger partial charge is 0.271 e. The van der Waals surface area contributed by atoms with Gasteiger partial charge in [0.1, 0.15) is 5.69 Å². The van der Waals surface area contributed by atoms with Crippen molar-refractivity contribution in [1.82, 2.24) is 15.1 Å². The number of amides is 1. The number of nitrogens with one attached hydrogen (secondary N) is 1. The summed E-state index contributed by atoms with van der Waals surface area (Å²) in [6.45, 7) is 3.70. The fraction of sp³-hybridized carbons (Fsp3) is 0.158. The van der Waals surface area contributed by atoms with Gasteiger partial charge in [0.2, 0.25) is 0 Å². The van der Waals surface area contributed by atoms with Gasteiger partial charge in [0.05, 0.1) is 21.3 Å². The fourth-order valence-corrected chi connectivity index (χ4v) is 2.85. The van der Waals surface area contributed by atoms with E-state index >= 15 is 0 Å². The van der Waals surface area contributed by atoms with E-state index in [0.717, 1.165) is 0 Å². The van der Waals surface area contributed by atoms with E-state index in [4.69, 9.17) is 11.6 Å². The number of nitrogens with zero attached hydrogens (tertiary/aromatic N) is 3. The predicted molar refractivity (Wildman–Crippen MR) is 103 cm³/mol. The first-order valence-corrected chi connectivity index (χ1v) is 8.65. The van der Waals surface area contributed by atoms with Crippen LogP contribution in [-0.4, -0.2) is 26.7 Å². The number of hydrogen-bond donors (Lipinski definition) is 1. The van der Waals surface area contributed by atoms with Crippen molar-refractivity contribution in [2.45, 2.75) is 19.9 Å². The quantitative estimate of drug-likeness (QED) is 0.526. The summed E-state index contributed by atoms with van der Waals surface area (Å²) in [6.07, 6.45) is 0. The first-order chi connectivity index (χ1) is 12.9. The zero-order valence-corrected chi connectivity index (χ0v) is 15.5. The van der Waals surface area contributed by atoms with Gasteiger partial charge in [-0.25, -0.2) is 4.68 Å². The van der Waals surface area contributed by atoms with E-state index in [1.54, 1.807) is 36.4 Å². The number of nitro groups is 1. The average molecular weight is 385 g/mol. The molecule has 0 saturated carbocycles. The van der Waals surface area contributed by atoms with Gasteiger partial charge in [-0.05, 0) is 32.0 Å². The molecule has 0 aliphatic rings. The van der Waals surface area contributed by atoms with E-state index in [2.05, 4.69) is 10.4 Å². The summed E-state index contributed by atoms with van der Waals surface area (Å²) < 4.78 is 1.39. The minimum absolute atomic E-state index is 0.0743. The second kappa shape index (κ2) is 7.59. The van der Waals surface area contributed by atoms with Gasteiger partial charge in [-0.3, -0.25) is 14.9 Å². The Hall–Kier alpha value is -3.19. The third-order valence-electron chi connectivity index (χ3n) is 3.80. The van der Waals surface area contributed by atoms with Gasteiger partial charge in [0, 0.05) is 23.7 Å². The minimum atomic E-state index is -0.490. The number of aromatic nitrogens is 2. The molecule has 1 N–H and O–H groups in total. The highest BCUT2D eigenvalue weighted by molar-refractivity contribution is 6.33. The molecule has 0 radical (unpaired) electrons. The van der Waals surface area contributed by atoms with E-state index in [1.807, 2.05) is 19.9 Å². The number of carbonyl (C=O) groups is 1. The van der Waals surface area contributed by atoms with Crippen molar-refractivity contribution in [2.75, 3.05) is 0 Å². The molecule has 138 valence electrons. The van der Waals surface area contributed by atoms with Gasteiger partial charge in [0.25, 0.3) is 11.6 Å². The van der Waals surface area contributed by atoms with Crippen LogP contribution >= 0.6 is 11.6 Å². The Morgan fingerprint density at radius 3 is 2.59 bits per heavy atom. The molecule has 0 atom stereocenters. The lowest BCUT2D eigenvalue weighted by atomic mass is 10.1. The molecule has 7 nitrogen and oxygen atoms in total. The Bertz CT molecular complexity index is 1010. The molecular formula is C19H17ClN4O3. The van der Waals surface area contributed by atoms with Crippen LogP contribution < -0.4 is 5.32 Å². The lowest BCUT2D eigenvalue weighted by Crippen LogP contribution is -2.31. The highest BCUT2D eigenvalue weighted by Crippen LogP contribution is 2.28. The van der Waals surface area contributed by atoms with Crippen LogP contribution in [0, 0.1) is 10.1 Å². The third-order valence-corrected chi connectivity index (χ3v) is 4.13. The predicted octanol–water partition coefficient (Wildman–Crippen LogP) is 4.24. The summed E-state index contributed by atoms with van der Waals surface area (Å²) in [5, 5.41) is 18.9. The topological polar surface area (TPSA) is 90.1 Å². The molecule has 0 aliphatic heterocycles. The summed E-state index contributed by atoms with van der Waals surface area (Å²) in [6, 6.07) is 14.7. The van der Waals surface area contributed by atoms with Gasteiger partial charge in [-0.2, -0.15) is 5.10 Å². The number of halogens is 1. The van der Waals surface area contributed by atoms with Crippen LogP contribution in [0.25, 0.3) is 16.9 Å². The van der Waals surface area contributed by atoms with E-state index in [9.17, 15) is 14.9 Å². The minimum Gasteiger partial charge on any atom is -0.349 e. The third kappa shape index (κ3) is 3.98. The monoisotopic (exact) mass is 384 g/mol. The highest BCUT2D eigenvalue weighted by Gasteiger charge is 2.20. The highest BCUT2D eigenvalue weighted by atomic mass is 35.5. The second-order valence-corrected chi connectivity index (χ2v) is 6.62. The van der Waals surface area contributed by atoms with Gasteiger partial charge in [-0.1, -0.05) is 35.9 Å². The molecule has 1 amide bonds. The van der Waals surface area contributed by atoms with Gasteiger partial charge >= 0.3 is 0 Å². The molecule has 3 rings (SSSR count). The van der Waals surface area contributed by atoms with Crippen molar-refractivity contribution in [3.05, 3.63) is 75.4 Å². The molecule has 1 aromatic heterocycles. The maximum Gasteiger partial charge on any atom is 0.271 e. The SMILES string of the molecule is CC(C)NC(=O)c1cc(-c2ccccc2Cl)nn1-c1cccc([N+](=O)[O-])c1. The Morgan fingerprint density at radius 1 is 1.19 bits per heavy atom. The molecule has 1 heterocycles. The summed E-state index contributed by atoms with van der Waals surface area (Å²) in [7, 11) is 0. The van der Waals surface area contributed by atoms with Crippen LogP contribution in [0.3, 0.4) is 0 Å². The normalized spacial score (nSPS) is 10.8. The Labute approximate surface area is 160 Å². The van der Waals surface area contributed by atoms with Crippen molar-refractivity contribution in [3.8, 4) is 16.9 Å². The molecule has 0 spiro atoms. The van der Waals surface area contributed by atoms with E-state index in [1.165, 1.54) is 16.8 Å². The van der Waals surface area contributed by atoms with Crippen LogP contribution in [0.1, 0.15) is 24.3 Å². The van der Waals surface area contributed by atoms with Crippen LogP contribution in [-0.2, 0) is 0 Å². The molecule has 27 heavy (non-hydrogen) atoms. The van der Waals surface area contributed by atoms with E-state index in [-0.39, 0.29) is 23.3 Å². The number of benzene rings is 2. The van der Waals surface area contributed by atoms with E-state index < -0.39 is 4.92 Å². The number of carbonyl (C=O) groups excluding carboxylic acids is 1. The number of rotatable bonds is 5. The van der Waals surface area contributed by atoms with Crippen molar-refractivity contribution >= 4 is 23.2 Å². The van der Waals surface area contributed by atoms with Crippen molar-refractivity contribution in [1.29, 1.82) is 0 Å². The summed E-state index contributed by atoms with van der Waals surface area (Å²) >= 11 is 6.26. The second-order valence-electron chi connectivity index (χ2n) is 6.21. The number of non-ortho nitro benzene ring substituents is 1. The first-order valence-electron chi connectivity index (χ1n) is 8.27. The van der Waals surface area contributed by atoms with Gasteiger partial charge < -0.3 is 5.32 Å². The fourth-order valence-electron chi connectivity index (χ4n) is 2.61. The van der Waals surface area contributed by atoms with Crippen LogP contribution in [0.5, 0.6) is 0 Å². The molecule has 0 unspecified atom stereocenters. The zero-order chi connectivity index (χ0) is 19.6. The van der Waals surface area contributed by atoms with E-state index in [0.29, 0.717) is 22.0 Å². The summed E-state index contributed by atoms with van der Waals surface area (Å²) in [5.41, 5.74) is 1.76. The molecule has 0 saturated heterocycles. The largest absolute Gasteiger partial charge is 0.349 e. The molecule has 0 bridgehead atoms. The maximum absolute atomic E-state index is 12.7. The molecule has 3 aromatic rings. The maximum atomic E-state index is 12.7. The molecule has 8 heteroatoms. The van der Waals surface area contributed by atoms with Crippen LogP contribution in [0.4, 0.5) is 5.69 Å². The zero-order valence-electron chi connectivity index (χ0n) is 14.7. The van der Waals surface area contributed by atoms with Crippen molar-refractivity contribution < 1.29 is 9.72 Å². The standard InChI is InChI=1S/C19H17ClN4O3/c1-12(2)21-19(25)18-11-17(15-8-3-4-9-16(15)20)22-23(18)13-6-5-7-14(10-13)24(26)27/h3-12H,1-2H3,(H,21,25). The Morgan fingerprint density at radius 2 is 1.93 bits per heavy atom. The summed E-state index contributed by atoms with van der Waals surface area (Å²) in [4.78, 5) is 23.3. The molecule has 0 fully saturated rings. The lowest BCUT2D eigenvalue weighted by Gasteiger charge is -2.10. The Kier molecular flexibility index (Phi) is 5.23. The number of hydrogen-bond acceptors (Lipinski definition) is 4. The average Bonchev–Trinajstić information content (AvgIpc) is 3.07. The number of nitro benzene ring substituents is 1. The molecule has 2 aromatic carbocycles. The molecular weight excluding hydrogens is 368 g/mol.